The molecular weight excluding hydrogens is 324 g/mol. The van der Waals surface area contributed by atoms with E-state index in [9.17, 15) is 5.11 Å². The van der Waals surface area contributed by atoms with Crippen molar-refractivity contribution >= 4 is 27.4 Å². The van der Waals surface area contributed by atoms with Crippen molar-refractivity contribution in [2.24, 2.45) is 0 Å². The van der Waals surface area contributed by atoms with Gasteiger partial charge in [0, 0.05) is 38.8 Å². The molecule has 0 unspecified atom stereocenters. The molecule has 4 rings (SSSR count). The van der Waals surface area contributed by atoms with Gasteiger partial charge in [-0.15, -0.1) is 11.3 Å². The SMILES string of the molecule is OC1(CNc2nc(-c3ccccn3)nc3sccc23)CCOCC1. The molecule has 1 aliphatic heterocycles. The number of aliphatic hydroxyl groups is 1. The molecule has 0 bridgehead atoms. The Labute approximate surface area is 143 Å². The average Bonchev–Trinajstić information content (AvgIpc) is 3.10. The highest BCUT2D eigenvalue weighted by molar-refractivity contribution is 7.16. The Hall–Kier alpha value is -2.09. The van der Waals surface area contributed by atoms with Crippen molar-refractivity contribution < 1.29 is 9.84 Å². The maximum atomic E-state index is 10.6. The number of fused-ring (bicyclic) bond motifs is 1. The van der Waals surface area contributed by atoms with E-state index < -0.39 is 5.60 Å². The fraction of sp³-hybridized carbons (Fsp3) is 0.353. The third-order valence-electron chi connectivity index (χ3n) is 4.23. The highest BCUT2D eigenvalue weighted by Crippen LogP contribution is 2.29. The molecule has 0 spiro atoms. The molecule has 124 valence electrons. The summed E-state index contributed by atoms with van der Waals surface area (Å²) in [5, 5.41) is 16.9. The summed E-state index contributed by atoms with van der Waals surface area (Å²) < 4.78 is 5.33. The molecule has 0 saturated carbocycles. The number of nitrogens with zero attached hydrogens (tertiary/aromatic N) is 3. The largest absolute Gasteiger partial charge is 0.388 e. The maximum Gasteiger partial charge on any atom is 0.181 e. The summed E-state index contributed by atoms with van der Waals surface area (Å²) in [6, 6.07) is 7.68. The van der Waals surface area contributed by atoms with Crippen molar-refractivity contribution in [3.63, 3.8) is 0 Å². The number of aromatic nitrogens is 3. The average molecular weight is 342 g/mol. The van der Waals surface area contributed by atoms with Gasteiger partial charge < -0.3 is 15.2 Å². The van der Waals surface area contributed by atoms with Gasteiger partial charge in [-0.2, -0.15) is 0 Å². The first kappa shape index (κ1) is 15.4. The second-order valence-corrected chi connectivity index (χ2v) is 6.84. The fourth-order valence-electron chi connectivity index (χ4n) is 2.78. The number of rotatable bonds is 4. The van der Waals surface area contributed by atoms with Crippen LogP contribution >= 0.6 is 11.3 Å². The summed E-state index contributed by atoms with van der Waals surface area (Å²) in [6.45, 7) is 1.63. The zero-order valence-electron chi connectivity index (χ0n) is 13.1. The summed E-state index contributed by atoms with van der Waals surface area (Å²) in [4.78, 5) is 14.5. The summed E-state index contributed by atoms with van der Waals surface area (Å²) in [6.07, 6.45) is 2.99. The second kappa shape index (κ2) is 6.43. The Morgan fingerprint density at radius 1 is 1.21 bits per heavy atom. The van der Waals surface area contributed by atoms with E-state index in [1.807, 2.05) is 29.6 Å². The molecule has 0 radical (unpaired) electrons. The number of nitrogens with one attached hydrogen (secondary N) is 1. The van der Waals surface area contributed by atoms with Crippen LogP contribution in [0.25, 0.3) is 21.7 Å². The van der Waals surface area contributed by atoms with Crippen LogP contribution in [-0.4, -0.2) is 45.4 Å². The van der Waals surface area contributed by atoms with Gasteiger partial charge in [0.2, 0.25) is 0 Å². The highest BCUT2D eigenvalue weighted by atomic mass is 32.1. The molecule has 0 atom stereocenters. The van der Waals surface area contributed by atoms with Crippen LogP contribution in [0.4, 0.5) is 5.82 Å². The lowest BCUT2D eigenvalue weighted by molar-refractivity contribution is -0.0543. The highest BCUT2D eigenvalue weighted by Gasteiger charge is 2.30. The normalized spacial score (nSPS) is 17.0. The van der Waals surface area contributed by atoms with E-state index >= 15 is 0 Å². The molecule has 1 fully saturated rings. The van der Waals surface area contributed by atoms with Crippen LogP contribution in [-0.2, 0) is 4.74 Å². The van der Waals surface area contributed by atoms with Crippen LogP contribution in [0.1, 0.15) is 12.8 Å². The van der Waals surface area contributed by atoms with Gasteiger partial charge in [0.05, 0.1) is 11.0 Å². The summed E-state index contributed by atoms with van der Waals surface area (Å²) in [5.41, 5.74) is -0.0166. The van der Waals surface area contributed by atoms with Crippen molar-refractivity contribution in [1.82, 2.24) is 15.0 Å². The Balaban J connectivity index is 1.65. The number of thiophene rings is 1. The van der Waals surface area contributed by atoms with E-state index in [1.165, 1.54) is 0 Å². The first-order chi connectivity index (χ1) is 11.7. The fourth-order valence-corrected chi connectivity index (χ4v) is 3.54. The van der Waals surface area contributed by atoms with E-state index in [-0.39, 0.29) is 0 Å². The third-order valence-corrected chi connectivity index (χ3v) is 5.03. The van der Waals surface area contributed by atoms with Gasteiger partial charge in [-0.05, 0) is 23.6 Å². The molecule has 3 aromatic rings. The zero-order chi connectivity index (χ0) is 16.4. The number of pyridine rings is 1. The van der Waals surface area contributed by atoms with Gasteiger partial charge in [0.15, 0.2) is 5.82 Å². The molecule has 3 aromatic heterocycles. The minimum absolute atomic E-state index is 0.444. The number of anilines is 1. The molecule has 6 nitrogen and oxygen atoms in total. The standard InChI is InChI=1S/C17H18N4O2S/c22-17(5-8-23-9-6-17)11-19-14-12-4-10-24-16(12)21-15(20-14)13-3-1-2-7-18-13/h1-4,7,10,22H,5-6,8-9,11H2,(H,19,20,21). The van der Waals surface area contributed by atoms with Gasteiger partial charge in [-0.3, -0.25) is 4.98 Å². The molecule has 1 aliphatic rings. The topological polar surface area (TPSA) is 80.2 Å². The first-order valence-electron chi connectivity index (χ1n) is 7.94. The molecule has 0 aliphatic carbocycles. The van der Waals surface area contributed by atoms with E-state index in [4.69, 9.17) is 4.74 Å². The van der Waals surface area contributed by atoms with Crippen molar-refractivity contribution in [2.45, 2.75) is 18.4 Å². The monoisotopic (exact) mass is 342 g/mol. The summed E-state index contributed by atoms with van der Waals surface area (Å²) in [5.74, 6) is 1.33. The predicted molar refractivity (Wildman–Crippen MR) is 94.1 cm³/mol. The van der Waals surface area contributed by atoms with Crippen molar-refractivity contribution in [3.8, 4) is 11.5 Å². The molecule has 2 N–H and O–H groups in total. The molecule has 4 heterocycles. The second-order valence-electron chi connectivity index (χ2n) is 5.94. The van der Waals surface area contributed by atoms with Crippen molar-refractivity contribution in [1.29, 1.82) is 0 Å². The molecular formula is C17H18N4O2S. The van der Waals surface area contributed by atoms with Gasteiger partial charge >= 0.3 is 0 Å². The Kier molecular flexibility index (Phi) is 4.13. The molecule has 7 heteroatoms. The minimum Gasteiger partial charge on any atom is -0.388 e. The predicted octanol–water partition coefficient (Wildman–Crippen LogP) is 2.71. The van der Waals surface area contributed by atoms with Crippen molar-refractivity contribution in [3.05, 3.63) is 35.8 Å². The molecule has 1 saturated heterocycles. The molecule has 24 heavy (non-hydrogen) atoms. The zero-order valence-corrected chi connectivity index (χ0v) is 13.9. The minimum atomic E-state index is -0.753. The Morgan fingerprint density at radius 3 is 2.88 bits per heavy atom. The van der Waals surface area contributed by atoms with E-state index in [0.29, 0.717) is 38.4 Å². The molecule has 0 aromatic carbocycles. The Morgan fingerprint density at radius 2 is 2.08 bits per heavy atom. The van der Waals surface area contributed by atoms with E-state index in [1.54, 1.807) is 17.5 Å². The van der Waals surface area contributed by atoms with Gasteiger partial charge in [0.1, 0.15) is 16.3 Å². The van der Waals surface area contributed by atoms with Gasteiger partial charge in [-0.1, -0.05) is 6.07 Å². The van der Waals surface area contributed by atoms with Crippen LogP contribution in [0.3, 0.4) is 0 Å². The third kappa shape index (κ3) is 3.10. The smallest absolute Gasteiger partial charge is 0.181 e. The lowest BCUT2D eigenvalue weighted by Gasteiger charge is -2.32. The quantitative estimate of drug-likeness (QED) is 0.759. The van der Waals surface area contributed by atoms with Crippen LogP contribution < -0.4 is 5.32 Å². The summed E-state index contributed by atoms with van der Waals surface area (Å²) >= 11 is 1.57. The van der Waals surface area contributed by atoms with Crippen LogP contribution in [0.2, 0.25) is 0 Å². The lowest BCUT2D eigenvalue weighted by atomic mass is 9.94. The van der Waals surface area contributed by atoms with Crippen LogP contribution in [0.5, 0.6) is 0 Å². The maximum absolute atomic E-state index is 10.6. The van der Waals surface area contributed by atoms with E-state index in [2.05, 4.69) is 20.3 Å². The lowest BCUT2D eigenvalue weighted by Crippen LogP contribution is -2.42. The number of hydrogen-bond donors (Lipinski definition) is 2. The van der Waals surface area contributed by atoms with Gasteiger partial charge in [-0.25, -0.2) is 9.97 Å². The van der Waals surface area contributed by atoms with Gasteiger partial charge in [0.25, 0.3) is 0 Å². The van der Waals surface area contributed by atoms with Crippen LogP contribution in [0.15, 0.2) is 35.8 Å². The first-order valence-corrected chi connectivity index (χ1v) is 8.82. The van der Waals surface area contributed by atoms with Crippen LogP contribution in [0, 0.1) is 0 Å². The molecule has 0 amide bonds. The summed E-state index contributed by atoms with van der Waals surface area (Å²) in [7, 11) is 0. The number of hydrogen-bond acceptors (Lipinski definition) is 7. The van der Waals surface area contributed by atoms with E-state index in [0.717, 1.165) is 21.7 Å². The van der Waals surface area contributed by atoms with Crippen molar-refractivity contribution in [2.75, 3.05) is 25.1 Å². The number of ether oxygens (including phenoxy) is 1. The Bertz CT molecular complexity index is 831.